The number of nitrogens with one attached hydrogen (secondary N) is 1. The summed E-state index contributed by atoms with van der Waals surface area (Å²) in [5.74, 6) is 2.03. The molecule has 0 saturated heterocycles. The number of benzene rings is 2. The molecule has 9 heteroatoms. The van der Waals surface area contributed by atoms with E-state index in [0.717, 1.165) is 5.56 Å². The molecule has 1 aromatic heterocycles. The van der Waals surface area contributed by atoms with Crippen molar-refractivity contribution in [1.82, 2.24) is 14.8 Å². The van der Waals surface area contributed by atoms with E-state index in [4.69, 9.17) is 21.1 Å². The van der Waals surface area contributed by atoms with Gasteiger partial charge in [0.25, 0.3) is 0 Å². The molecule has 0 saturated carbocycles. The molecule has 0 fully saturated rings. The maximum atomic E-state index is 12.4. The van der Waals surface area contributed by atoms with Crippen LogP contribution < -0.4 is 14.8 Å². The van der Waals surface area contributed by atoms with Gasteiger partial charge in [0.1, 0.15) is 0 Å². The fourth-order valence-electron chi connectivity index (χ4n) is 3.02. The van der Waals surface area contributed by atoms with E-state index in [0.29, 0.717) is 39.7 Å². The summed E-state index contributed by atoms with van der Waals surface area (Å²) in [4.78, 5) is 12.4. The molecule has 1 amide bonds. The zero-order valence-corrected chi connectivity index (χ0v) is 19.5. The molecule has 0 aliphatic carbocycles. The maximum absolute atomic E-state index is 12.4. The zero-order chi connectivity index (χ0) is 22.4. The number of aromatic nitrogens is 3. The minimum atomic E-state index is -0.346. The Morgan fingerprint density at radius 2 is 1.94 bits per heavy atom. The van der Waals surface area contributed by atoms with Crippen molar-refractivity contribution in [1.29, 1.82) is 0 Å². The van der Waals surface area contributed by atoms with Crippen LogP contribution >= 0.6 is 23.4 Å². The van der Waals surface area contributed by atoms with Crippen LogP contribution in [0.5, 0.6) is 11.5 Å². The SMILES string of the molecule is CCn1c(SCC(=O)Nc2cccc(Cl)c2C)nnc1C(C)Oc1ccccc1OC. The van der Waals surface area contributed by atoms with Gasteiger partial charge in [-0.2, -0.15) is 0 Å². The predicted molar refractivity (Wildman–Crippen MR) is 123 cm³/mol. The molecule has 164 valence electrons. The smallest absolute Gasteiger partial charge is 0.234 e. The van der Waals surface area contributed by atoms with Crippen LogP contribution in [0.25, 0.3) is 0 Å². The normalized spacial score (nSPS) is 11.8. The fourth-order valence-corrected chi connectivity index (χ4v) is 4.01. The average molecular weight is 461 g/mol. The lowest BCUT2D eigenvalue weighted by atomic mass is 10.2. The van der Waals surface area contributed by atoms with Gasteiger partial charge in [0.05, 0.1) is 12.9 Å². The molecule has 1 heterocycles. The Kier molecular flexibility index (Phi) is 7.81. The molecular weight excluding hydrogens is 436 g/mol. The van der Waals surface area contributed by atoms with Gasteiger partial charge in [-0.05, 0) is 50.6 Å². The van der Waals surface area contributed by atoms with Gasteiger partial charge in [0.15, 0.2) is 28.6 Å². The van der Waals surface area contributed by atoms with E-state index in [1.54, 1.807) is 19.2 Å². The molecule has 2 aromatic carbocycles. The highest BCUT2D eigenvalue weighted by atomic mass is 35.5. The number of methoxy groups -OCH3 is 1. The maximum Gasteiger partial charge on any atom is 0.234 e. The molecule has 0 radical (unpaired) electrons. The molecule has 7 nitrogen and oxygen atoms in total. The first-order valence-corrected chi connectivity index (χ1v) is 11.2. The topological polar surface area (TPSA) is 78.3 Å². The number of hydrogen-bond donors (Lipinski definition) is 1. The second kappa shape index (κ2) is 10.5. The number of ether oxygens (including phenoxy) is 2. The fraction of sp³-hybridized carbons (Fsp3) is 0.318. The van der Waals surface area contributed by atoms with Crippen molar-refractivity contribution >= 4 is 35.0 Å². The minimum Gasteiger partial charge on any atom is -0.493 e. The van der Waals surface area contributed by atoms with Crippen molar-refractivity contribution in [2.45, 2.75) is 38.6 Å². The number of amides is 1. The van der Waals surface area contributed by atoms with Crippen LogP contribution in [-0.4, -0.2) is 33.5 Å². The number of nitrogens with zero attached hydrogens (tertiary/aromatic N) is 3. The monoisotopic (exact) mass is 460 g/mol. The lowest BCUT2D eigenvalue weighted by molar-refractivity contribution is -0.113. The molecule has 1 unspecified atom stereocenters. The number of halogens is 1. The standard InChI is InChI=1S/C22H25ClN4O3S/c1-5-27-21(15(3)30-19-12-7-6-11-18(19)29-4)25-26-22(27)31-13-20(28)24-17-10-8-9-16(23)14(17)2/h6-12,15H,5,13H2,1-4H3,(H,24,28). The molecule has 0 spiro atoms. The van der Waals surface area contributed by atoms with E-state index in [2.05, 4.69) is 15.5 Å². The predicted octanol–water partition coefficient (Wildman–Crippen LogP) is 5.14. The molecule has 1 N–H and O–H groups in total. The van der Waals surface area contributed by atoms with Crippen molar-refractivity contribution in [3.63, 3.8) is 0 Å². The van der Waals surface area contributed by atoms with E-state index in [1.165, 1.54) is 11.8 Å². The van der Waals surface area contributed by atoms with Gasteiger partial charge < -0.3 is 19.4 Å². The molecule has 0 bridgehead atoms. The number of rotatable bonds is 9. The highest BCUT2D eigenvalue weighted by Gasteiger charge is 2.20. The summed E-state index contributed by atoms with van der Waals surface area (Å²) >= 11 is 7.45. The zero-order valence-electron chi connectivity index (χ0n) is 17.9. The number of anilines is 1. The molecule has 31 heavy (non-hydrogen) atoms. The first-order chi connectivity index (χ1) is 14.9. The first-order valence-electron chi connectivity index (χ1n) is 9.85. The van der Waals surface area contributed by atoms with Crippen molar-refractivity contribution in [2.24, 2.45) is 0 Å². The van der Waals surface area contributed by atoms with E-state index in [-0.39, 0.29) is 17.8 Å². The van der Waals surface area contributed by atoms with Gasteiger partial charge in [-0.25, -0.2) is 0 Å². The van der Waals surface area contributed by atoms with Crippen molar-refractivity contribution in [3.05, 3.63) is 58.9 Å². The van der Waals surface area contributed by atoms with Crippen LogP contribution in [0.2, 0.25) is 5.02 Å². The third kappa shape index (κ3) is 5.51. The Morgan fingerprint density at radius 1 is 1.19 bits per heavy atom. The summed E-state index contributed by atoms with van der Waals surface area (Å²) in [6, 6.07) is 12.9. The molecule has 3 aromatic rings. The number of carbonyl (C=O) groups excluding carboxylic acids is 1. The van der Waals surface area contributed by atoms with Gasteiger partial charge in [-0.1, -0.05) is 41.6 Å². The van der Waals surface area contributed by atoms with Crippen LogP contribution in [0.3, 0.4) is 0 Å². The molecule has 1 atom stereocenters. The van der Waals surface area contributed by atoms with E-state index < -0.39 is 0 Å². The summed E-state index contributed by atoms with van der Waals surface area (Å²) in [6.07, 6.45) is -0.346. The summed E-state index contributed by atoms with van der Waals surface area (Å²) in [7, 11) is 1.60. The van der Waals surface area contributed by atoms with Crippen LogP contribution in [0.1, 0.15) is 31.3 Å². The number of carbonyl (C=O) groups is 1. The second-order valence-electron chi connectivity index (χ2n) is 6.75. The summed E-state index contributed by atoms with van der Waals surface area (Å²) in [6.45, 7) is 6.43. The van der Waals surface area contributed by atoms with Crippen molar-refractivity contribution in [3.8, 4) is 11.5 Å². The Balaban J connectivity index is 1.67. The van der Waals surface area contributed by atoms with Gasteiger partial charge in [-0.3, -0.25) is 4.79 Å². The van der Waals surface area contributed by atoms with Crippen LogP contribution in [0.4, 0.5) is 5.69 Å². The highest BCUT2D eigenvalue weighted by molar-refractivity contribution is 7.99. The van der Waals surface area contributed by atoms with Crippen LogP contribution in [0.15, 0.2) is 47.6 Å². The quantitative estimate of drug-likeness (QED) is 0.445. The second-order valence-corrected chi connectivity index (χ2v) is 8.09. The largest absolute Gasteiger partial charge is 0.493 e. The van der Waals surface area contributed by atoms with Crippen molar-refractivity contribution in [2.75, 3.05) is 18.2 Å². The first kappa shape index (κ1) is 23.0. The Bertz CT molecular complexity index is 1060. The summed E-state index contributed by atoms with van der Waals surface area (Å²) in [5.41, 5.74) is 1.54. The van der Waals surface area contributed by atoms with Gasteiger partial charge in [0, 0.05) is 17.3 Å². The van der Waals surface area contributed by atoms with Gasteiger partial charge in [-0.15, -0.1) is 10.2 Å². The molecule has 0 aliphatic rings. The number of thioether (sulfide) groups is 1. The third-order valence-corrected chi connectivity index (χ3v) is 6.05. The summed E-state index contributed by atoms with van der Waals surface area (Å²) < 4.78 is 13.4. The highest BCUT2D eigenvalue weighted by Crippen LogP contribution is 2.31. The lowest BCUT2D eigenvalue weighted by Crippen LogP contribution is -2.16. The number of hydrogen-bond acceptors (Lipinski definition) is 6. The third-order valence-electron chi connectivity index (χ3n) is 4.67. The van der Waals surface area contributed by atoms with Crippen LogP contribution in [0, 0.1) is 6.92 Å². The van der Waals surface area contributed by atoms with E-state index >= 15 is 0 Å². The Hall–Kier alpha value is -2.71. The number of para-hydroxylation sites is 2. The van der Waals surface area contributed by atoms with Gasteiger partial charge in [0.2, 0.25) is 5.91 Å². The lowest BCUT2D eigenvalue weighted by Gasteiger charge is -2.17. The summed E-state index contributed by atoms with van der Waals surface area (Å²) in [5, 5.41) is 12.7. The molecule has 0 aliphatic heterocycles. The average Bonchev–Trinajstić information content (AvgIpc) is 3.19. The molecular formula is C22H25ClN4O3S. The minimum absolute atomic E-state index is 0.138. The van der Waals surface area contributed by atoms with E-state index in [9.17, 15) is 4.79 Å². The van der Waals surface area contributed by atoms with Gasteiger partial charge >= 0.3 is 0 Å². The Labute approximate surface area is 191 Å². The Morgan fingerprint density at radius 3 is 2.65 bits per heavy atom. The molecule has 3 rings (SSSR count). The van der Waals surface area contributed by atoms with Crippen LogP contribution in [-0.2, 0) is 11.3 Å². The van der Waals surface area contributed by atoms with E-state index in [1.807, 2.05) is 55.7 Å². The van der Waals surface area contributed by atoms with Crippen molar-refractivity contribution < 1.29 is 14.3 Å².